The van der Waals surface area contributed by atoms with Crippen LogP contribution in [0.5, 0.6) is 0 Å². The second-order valence-corrected chi connectivity index (χ2v) is 9.06. The van der Waals surface area contributed by atoms with E-state index in [2.05, 4.69) is 54.8 Å². The molecule has 1 atom stereocenters. The molecule has 0 unspecified atom stereocenters. The average Bonchev–Trinajstić information content (AvgIpc) is 2.88. The molecule has 0 aliphatic rings. The number of benzene rings is 3. The fourth-order valence-electron chi connectivity index (χ4n) is 4.54. The molecule has 3 rings (SSSR count). The van der Waals surface area contributed by atoms with Crippen molar-refractivity contribution in [2.75, 3.05) is 19.6 Å². The van der Waals surface area contributed by atoms with E-state index < -0.39 is 5.41 Å². The number of rotatable bonds is 12. The fraction of sp³-hybridized carbons (Fsp3) is 0.333. The van der Waals surface area contributed by atoms with Crippen LogP contribution < -0.4 is 10.6 Å². The van der Waals surface area contributed by atoms with Gasteiger partial charge in [-0.2, -0.15) is 5.26 Å². The Bertz CT molecular complexity index is 1010. The Morgan fingerprint density at radius 2 is 1.41 bits per heavy atom. The molecule has 34 heavy (non-hydrogen) atoms. The van der Waals surface area contributed by atoms with Crippen LogP contribution in [0.1, 0.15) is 49.3 Å². The highest BCUT2D eigenvalue weighted by Crippen LogP contribution is 2.36. The number of nitriles is 1. The first-order valence-electron chi connectivity index (χ1n) is 12.1. The third kappa shape index (κ3) is 6.56. The van der Waals surface area contributed by atoms with Gasteiger partial charge in [0.1, 0.15) is 0 Å². The summed E-state index contributed by atoms with van der Waals surface area (Å²) in [5.41, 5.74) is 2.96. The maximum absolute atomic E-state index is 12.5. The Morgan fingerprint density at radius 3 is 1.91 bits per heavy atom. The summed E-state index contributed by atoms with van der Waals surface area (Å²) in [5.74, 6) is 0.347. The van der Waals surface area contributed by atoms with Gasteiger partial charge in [-0.25, -0.2) is 0 Å². The Morgan fingerprint density at radius 1 is 0.882 bits per heavy atom. The number of hydrogen-bond donors (Lipinski definition) is 2. The Labute approximate surface area is 204 Å². The van der Waals surface area contributed by atoms with Crippen LogP contribution in [0.15, 0.2) is 91.0 Å². The highest BCUT2D eigenvalue weighted by molar-refractivity contribution is 5.77. The van der Waals surface area contributed by atoms with Gasteiger partial charge in [0.25, 0.3) is 0 Å². The van der Waals surface area contributed by atoms with Crippen molar-refractivity contribution < 1.29 is 4.79 Å². The Balaban J connectivity index is 1.49. The molecule has 0 spiro atoms. The SMILES string of the molecule is CC(C)[C@@](C#N)(CCCNC(=O)CNCC(c1ccccc1)c1ccccc1)c1ccccc1. The van der Waals surface area contributed by atoms with E-state index in [0.29, 0.717) is 19.5 Å². The van der Waals surface area contributed by atoms with Crippen molar-refractivity contribution in [2.45, 2.75) is 38.0 Å². The zero-order valence-electron chi connectivity index (χ0n) is 20.2. The molecular formula is C30H35N3O. The molecule has 0 saturated heterocycles. The van der Waals surface area contributed by atoms with Crippen LogP contribution >= 0.6 is 0 Å². The summed E-state index contributed by atoms with van der Waals surface area (Å²) in [6, 6.07) is 33.3. The minimum Gasteiger partial charge on any atom is -0.355 e. The molecule has 0 radical (unpaired) electrons. The van der Waals surface area contributed by atoms with Gasteiger partial charge in [-0.15, -0.1) is 0 Å². The maximum atomic E-state index is 12.5. The molecule has 176 valence electrons. The molecule has 2 N–H and O–H groups in total. The quantitative estimate of drug-likeness (QED) is 0.360. The van der Waals surface area contributed by atoms with E-state index in [9.17, 15) is 10.1 Å². The first kappa shape index (κ1) is 25.2. The summed E-state index contributed by atoms with van der Waals surface area (Å²) in [4.78, 5) is 12.5. The van der Waals surface area contributed by atoms with Gasteiger partial charge in [0.2, 0.25) is 5.91 Å². The van der Waals surface area contributed by atoms with Crippen molar-refractivity contribution in [3.05, 3.63) is 108 Å². The smallest absolute Gasteiger partial charge is 0.233 e. The average molecular weight is 454 g/mol. The maximum Gasteiger partial charge on any atom is 0.233 e. The van der Waals surface area contributed by atoms with Gasteiger partial charge in [0.05, 0.1) is 18.0 Å². The second kappa shape index (κ2) is 12.7. The van der Waals surface area contributed by atoms with Gasteiger partial charge in [0, 0.05) is 19.0 Å². The number of nitrogens with zero attached hydrogens (tertiary/aromatic N) is 1. The van der Waals surface area contributed by atoms with Crippen LogP contribution in [0.25, 0.3) is 0 Å². The molecule has 0 aliphatic heterocycles. The van der Waals surface area contributed by atoms with Crippen molar-refractivity contribution in [3.8, 4) is 6.07 Å². The lowest BCUT2D eigenvalue weighted by atomic mass is 9.70. The summed E-state index contributed by atoms with van der Waals surface area (Å²) in [6.45, 7) is 5.69. The van der Waals surface area contributed by atoms with Crippen molar-refractivity contribution in [2.24, 2.45) is 5.92 Å². The largest absolute Gasteiger partial charge is 0.355 e. The summed E-state index contributed by atoms with van der Waals surface area (Å²) in [7, 11) is 0. The predicted molar refractivity (Wildman–Crippen MR) is 138 cm³/mol. The monoisotopic (exact) mass is 453 g/mol. The number of hydrogen-bond acceptors (Lipinski definition) is 3. The molecule has 3 aromatic carbocycles. The number of carbonyl (C=O) groups is 1. The van der Waals surface area contributed by atoms with E-state index in [0.717, 1.165) is 12.0 Å². The highest BCUT2D eigenvalue weighted by Gasteiger charge is 2.35. The molecule has 1 amide bonds. The van der Waals surface area contributed by atoms with Gasteiger partial charge in [-0.1, -0.05) is 105 Å². The molecule has 0 fully saturated rings. The van der Waals surface area contributed by atoms with Crippen LogP contribution in [0, 0.1) is 17.2 Å². The lowest BCUT2D eigenvalue weighted by Crippen LogP contribution is -2.37. The predicted octanol–water partition coefficient (Wildman–Crippen LogP) is 5.42. The fourth-order valence-corrected chi connectivity index (χ4v) is 4.54. The van der Waals surface area contributed by atoms with Crippen molar-refractivity contribution in [1.29, 1.82) is 5.26 Å². The van der Waals surface area contributed by atoms with Crippen molar-refractivity contribution >= 4 is 5.91 Å². The van der Waals surface area contributed by atoms with Gasteiger partial charge in [-0.05, 0) is 35.4 Å². The number of nitrogens with one attached hydrogen (secondary N) is 2. The molecule has 0 aliphatic carbocycles. The topological polar surface area (TPSA) is 64.9 Å². The molecule has 4 heteroatoms. The van der Waals surface area contributed by atoms with E-state index in [1.54, 1.807) is 0 Å². The minimum absolute atomic E-state index is 0.0216. The van der Waals surface area contributed by atoms with E-state index in [1.165, 1.54) is 11.1 Å². The van der Waals surface area contributed by atoms with Crippen LogP contribution in [0.3, 0.4) is 0 Å². The molecule has 0 aromatic heterocycles. The minimum atomic E-state index is -0.539. The van der Waals surface area contributed by atoms with E-state index in [4.69, 9.17) is 0 Å². The first-order chi connectivity index (χ1) is 16.6. The molecular weight excluding hydrogens is 418 g/mol. The highest BCUT2D eigenvalue weighted by atomic mass is 16.1. The lowest BCUT2D eigenvalue weighted by Gasteiger charge is -2.31. The third-order valence-electron chi connectivity index (χ3n) is 6.58. The van der Waals surface area contributed by atoms with Crippen LogP contribution in [-0.4, -0.2) is 25.5 Å². The summed E-state index contributed by atoms with van der Waals surface area (Å²) < 4.78 is 0. The van der Waals surface area contributed by atoms with Crippen LogP contribution in [0.2, 0.25) is 0 Å². The molecule has 3 aromatic rings. The first-order valence-corrected chi connectivity index (χ1v) is 12.1. The second-order valence-electron chi connectivity index (χ2n) is 9.06. The zero-order chi connectivity index (χ0) is 24.2. The van der Waals surface area contributed by atoms with Gasteiger partial charge in [0.15, 0.2) is 0 Å². The van der Waals surface area contributed by atoms with Crippen molar-refractivity contribution in [1.82, 2.24) is 10.6 Å². The van der Waals surface area contributed by atoms with Crippen LogP contribution in [-0.2, 0) is 10.2 Å². The Kier molecular flexibility index (Phi) is 9.43. The summed E-state index contributed by atoms with van der Waals surface area (Å²) in [6.07, 6.45) is 1.46. The normalized spacial score (nSPS) is 12.8. The third-order valence-corrected chi connectivity index (χ3v) is 6.58. The van der Waals surface area contributed by atoms with Gasteiger partial charge < -0.3 is 10.6 Å². The summed E-state index contributed by atoms with van der Waals surface area (Å²) in [5, 5.41) is 16.4. The Hall–Kier alpha value is -3.42. The number of carbonyl (C=O) groups excluding carboxylic acids is 1. The molecule has 0 heterocycles. The lowest BCUT2D eigenvalue weighted by molar-refractivity contribution is -0.120. The molecule has 0 bridgehead atoms. The van der Waals surface area contributed by atoms with E-state index in [-0.39, 0.29) is 24.3 Å². The van der Waals surface area contributed by atoms with E-state index >= 15 is 0 Å². The van der Waals surface area contributed by atoms with Crippen LogP contribution in [0.4, 0.5) is 0 Å². The van der Waals surface area contributed by atoms with Crippen molar-refractivity contribution in [3.63, 3.8) is 0 Å². The van der Waals surface area contributed by atoms with E-state index in [1.807, 2.05) is 66.7 Å². The zero-order valence-corrected chi connectivity index (χ0v) is 20.2. The van der Waals surface area contributed by atoms with Gasteiger partial charge >= 0.3 is 0 Å². The molecule has 4 nitrogen and oxygen atoms in total. The summed E-state index contributed by atoms with van der Waals surface area (Å²) >= 11 is 0. The molecule has 0 saturated carbocycles. The van der Waals surface area contributed by atoms with Gasteiger partial charge in [-0.3, -0.25) is 4.79 Å². The standard InChI is InChI=1S/C30H35N3O/c1-24(2)30(23-31,27-17-10-5-11-18-27)19-12-20-33-29(34)22-32-21-28(25-13-6-3-7-14-25)26-15-8-4-9-16-26/h3-11,13-18,24,28,32H,12,19-22H2,1-2H3,(H,33,34)/t30-/m0/s1. The number of amides is 1.